The summed E-state index contributed by atoms with van der Waals surface area (Å²) in [6, 6.07) is 10.0. The number of nitrogens with one attached hydrogen (secondary N) is 1. The minimum Gasteiger partial charge on any atom is -0.326 e. The van der Waals surface area contributed by atoms with E-state index in [1.165, 1.54) is 0 Å². The molecule has 3 rings (SSSR count). The summed E-state index contributed by atoms with van der Waals surface area (Å²) in [7, 11) is 0. The second-order valence-corrected chi connectivity index (χ2v) is 5.73. The van der Waals surface area contributed by atoms with Gasteiger partial charge in [-0.1, -0.05) is 60.5 Å². The molecule has 1 aromatic heterocycles. The molecule has 0 aliphatic heterocycles. The van der Waals surface area contributed by atoms with E-state index in [0.717, 1.165) is 52.5 Å². The summed E-state index contributed by atoms with van der Waals surface area (Å²) in [5.74, 6) is 0. The Morgan fingerprint density at radius 3 is 2.64 bits per heavy atom. The van der Waals surface area contributed by atoms with Crippen LogP contribution in [-0.2, 0) is 13.0 Å². The molecule has 22 heavy (non-hydrogen) atoms. The highest BCUT2D eigenvalue weighted by atomic mass is 35.5. The lowest BCUT2D eigenvalue weighted by molar-refractivity contribution is 0.788. The quantitative estimate of drug-likeness (QED) is 0.745. The second-order valence-electron chi connectivity index (χ2n) is 5.36. The van der Waals surface area contributed by atoms with E-state index in [9.17, 15) is 0 Å². The SMILES string of the molecule is CCCCc1c(CN)c(Cl)c(-c2ccccc2)c2nn[nH]c12. The highest BCUT2D eigenvalue weighted by Crippen LogP contribution is 2.39. The molecule has 0 spiro atoms. The molecule has 114 valence electrons. The average molecular weight is 315 g/mol. The summed E-state index contributed by atoms with van der Waals surface area (Å²) in [5, 5.41) is 12.0. The normalized spacial score (nSPS) is 11.2. The number of aromatic amines is 1. The van der Waals surface area contributed by atoms with Gasteiger partial charge < -0.3 is 5.73 Å². The fourth-order valence-electron chi connectivity index (χ4n) is 2.86. The van der Waals surface area contributed by atoms with Crippen LogP contribution in [0.3, 0.4) is 0 Å². The summed E-state index contributed by atoms with van der Waals surface area (Å²) in [5.41, 5.74) is 11.8. The number of benzene rings is 2. The third kappa shape index (κ3) is 2.49. The number of aromatic nitrogens is 3. The fraction of sp³-hybridized carbons (Fsp3) is 0.294. The van der Waals surface area contributed by atoms with E-state index in [4.69, 9.17) is 17.3 Å². The monoisotopic (exact) mass is 314 g/mol. The first-order valence-electron chi connectivity index (χ1n) is 7.57. The van der Waals surface area contributed by atoms with Crippen molar-refractivity contribution in [1.82, 2.24) is 15.4 Å². The molecule has 5 heteroatoms. The number of H-pyrrole nitrogens is 1. The van der Waals surface area contributed by atoms with E-state index in [0.29, 0.717) is 11.6 Å². The first-order valence-corrected chi connectivity index (χ1v) is 7.95. The zero-order chi connectivity index (χ0) is 15.5. The molecule has 4 nitrogen and oxygen atoms in total. The Labute approximate surface area is 134 Å². The van der Waals surface area contributed by atoms with Gasteiger partial charge in [-0.25, -0.2) is 0 Å². The van der Waals surface area contributed by atoms with E-state index in [-0.39, 0.29) is 0 Å². The smallest absolute Gasteiger partial charge is 0.122 e. The third-order valence-electron chi connectivity index (χ3n) is 3.98. The molecule has 0 bridgehead atoms. The number of nitrogens with two attached hydrogens (primary N) is 1. The summed E-state index contributed by atoms with van der Waals surface area (Å²) in [4.78, 5) is 0. The van der Waals surface area contributed by atoms with Gasteiger partial charge in [-0.3, -0.25) is 5.10 Å². The minimum absolute atomic E-state index is 0.409. The number of aryl methyl sites for hydroxylation is 1. The van der Waals surface area contributed by atoms with Gasteiger partial charge in [0.25, 0.3) is 0 Å². The molecule has 3 aromatic rings. The van der Waals surface area contributed by atoms with E-state index >= 15 is 0 Å². The number of hydrogen-bond acceptors (Lipinski definition) is 3. The van der Waals surface area contributed by atoms with Crippen molar-refractivity contribution < 1.29 is 0 Å². The van der Waals surface area contributed by atoms with Gasteiger partial charge in [0.05, 0.1) is 10.5 Å². The molecule has 0 aliphatic rings. The molecular weight excluding hydrogens is 296 g/mol. The number of unbranched alkanes of at least 4 members (excludes halogenated alkanes) is 1. The Hall–Kier alpha value is -1.91. The lowest BCUT2D eigenvalue weighted by atomic mass is 9.94. The largest absolute Gasteiger partial charge is 0.326 e. The zero-order valence-corrected chi connectivity index (χ0v) is 13.3. The van der Waals surface area contributed by atoms with Gasteiger partial charge in [0.1, 0.15) is 5.52 Å². The van der Waals surface area contributed by atoms with Gasteiger partial charge in [-0.15, -0.1) is 5.10 Å². The maximum atomic E-state index is 6.70. The summed E-state index contributed by atoms with van der Waals surface area (Å²) in [6.07, 6.45) is 3.13. The van der Waals surface area contributed by atoms with Crippen molar-refractivity contribution in [3.8, 4) is 11.1 Å². The van der Waals surface area contributed by atoms with Gasteiger partial charge in [-0.2, -0.15) is 0 Å². The molecule has 0 unspecified atom stereocenters. The minimum atomic E-state index is 0.409. The Balaban J connectivity index is 2.30. The standard InChI is InChI=1S/C17H19ClN4/c1-2-3-9-12-13(10-19)15(18)14(11-7-5-4-6-8-11)17-16(12)20-22-21-17/h4-8H,2-3,9-10,19H2,1H3,(H,20,21,22). The molecule has 0 saturated heterocycles. The Morgan fingerprint density at radius 1 is 1.18 bits per heavy atom. The second kappa shape index (κ2) is 6.46. The highest BCUT2D eigenvalue weighted by molar-refractivity contribution is 6.36. The van der Waals surface area contributed by atoms with Crippen LogP contribution in [0.25, 0.3) is 22.2 Å². The number of fused-ring (bicyclic) bond motifs is 1. The molecule has 0 amide bonds. The van der Waals surface area contributed by atoms with Crippen molar-refractivity contribution in [3.05, 3.63) is 46.5 Å². The molecule has 1 heterocycles. The number of rotatable bonds is 5. The van der Waals surface area contributed by atoms with Crippen molar-refractivity contribution in [1.29, 1.82) is 0 Å². The van der Waals surface area contributed by atoms with Crippen LogP contribution in [0.4, 0.5) is 0 Å². The van der Waals surface area contributed by atoms with Crippen LogP contribution < -0.4 is 5.73 Å². The maximum Gasteiger partial charge on any atom is 0.122 e. The molecule has 2 aromatic carbocycles. The predicted octanol–water partition coefficient (Wildman–Crippen LogP) is 4.08. The van der Waals surface area contributed by atoms with Gasteiger partial charge in [0, 0.05) is 12.1 Å². The van der Waals surface area contributed by atoms with Crippen LogP contribution in [0.15, 0.2) is 30.3 Å². The molecule has 0 fully saturated rings. The fourth-order valence-corrected chi connectivity index (χ4v) is 3.25. The number of halogens is 1. The van der Waals surface area contributed by atoms with E-state index in [2.05, 4.69) is 22.3 Å². The van der Waals surface area contributed by atoms with Gasteiger partial charge in [-0.05, 0) is 29.5 Å². The summed E-state index contributed by atoms with van der Waals surface area (Å²) < 4.78 is 0. The van der Waals surface area contributed by atoms with Crippen molar-refractivity contribution in [2.45, 2.75) is 32.7 Å². The van der Waals surface area contributed by atoms with Gasteiger partial charge >= 0.3 is 0 Å². The molecule has 0 aliphatic carbocycles. The first kappa shape index (κ1) is 15.0. The summed E-state index contributed by atoms with van der Waals surface area (Å²) in [6.45, 7) is 2.58. The third-order valence-corrected chi connectivity index (χ3v) is 4.40. The topological polar surface area (TPSA) is 67.6 Å². The van der Waals surface area contributed by atoms with Crippen LogP contribution in [-0.4, -0.2) is 15.4 Å². The molecule has 3 N–H and O–H groups in total. The first-order chi connectivity index (χ1) is 10.8. The molecule has 0 radical (unpaired) electrons. The van der Waals surface area contributed by atoms with E-state index in [1.54, 1.807) is 0 Å². The predicted molar refractivity (Wildman–Crippen MR) is 90.8 cm³/mol. The van der Waals surface area contributed by atoms with Gasteiger partial charge in [0.15, 0.2) is 0 Å². The van der Waals surface area contributed by atoms with Crippen LogP contribution in [0.5, 0.6) is 0 Å². The average Bonchev–Trinajstić information content (AvgIpc) is 3.02. The highest BCUT2D eigenvalue weighted by Gasteiger charge is 2.20. The van der Waals surface area contributed by atoms with E-state index in [1.807, 2.05) is 30.3 Å². The zero-order valence-electron chi connectivity index (χ0n) is 12.6. The molecule has 0 atom stereocenters. The van der Waals surface area contributed by atoms with Crippen molar-refractivity contribution in [2.24, 2.45) is 5.73 Å². The van der Waals surface area contributed by atoms with Crippen LogP contribution >= 0.6 is 11.6 Å². The van der Waals surface area contributed by atoms with E-state index < -0.39 is 0 Å². The van der Waals surface area contributed by atoms with Crippen molar-refractivity contribution in [2.75, 3.05) is 0 Å². The van der Waals surface area contributed by atoms with Gasteiger partial charge in [0.2, 0.25) is 0 Å². The summed E-state index contributed by atoms with van der Waals surface area (Å²) >= 11 is 6.70. The van der Waals surface area contributed by atoms with Crippen LogP contribution in [0.1, 0.15) is 30.9 Å². The molecule has 0 saturated carbocycles. The number of nitrogens with zero attached hydrogens (tertiary/aromatic N) is 2. The van der Waals surface area contributed by atoms with Crippen LogP contribution in [0.2, 0.25) is 5.02 Å². The van der Waals surface area contributed by atoms with Crippen LogP contribution in [0, 0.1) is 0 Å². The Morgan fingerprint density at radius 2 is 1.95 bits per heavy atom. The maximum absolute atomic E-state index is 6.70. The molecular formula is C17H19ClN4. The lowest BCUT2D eigenvalue weighted by Gasteiger charge is -2.15. The van der Waals surface area contributed by atoms with Crippen molar-refractivity contribution >= 4 is 22.6 Å². The van der Waals surface area contributed by atoms with Crippen molar-refractivity contribution in [3.63, 3.8) is 0 Å². The number of hydrogen-bond donors (Lipinski definition) is 2. The Kier molecular flexibility index (Phi) is 4.41. The lowest BCUT2D eigenvalue weighted by Crippen LogP contribution is -2.05. The Bertz CT molecular complexity index is 780.